The molecular formula is C27H20. The minimum atomic E-state index is 0.405. The normalized spacial score (nSPS) is 17.3. The molecule has 0 amide bonds. The van der Waals surface area contributed by atoms with E-state index < -0.39 is 0 Å². The van der Waals surface area contributed by atoms with Crippen LogP contribution in [0.2, 0.25) is 0 Å². The largest absolute Gasteiger partial charge is 0.0795 e. The molecule has 0 fully saturated rings. The Balaban J connectivity index is 1.57. The van der Waals surface area contributed by atoms with Crippen molar-refractivity contribution in [2.24, 2.45) is 0 Å². The molecule has 0 heteroatoms. The van der Waals surface area contributed by atoms with Gasteiger partial charge in [0.05, 0.1) is 0 Å². The zero-order chi connectivity index (χ0) is 17.5. The maximum absolute atomic E-state index is 2.43. The molecule has 3 aromatic rings. The second kappa shape index (κ2) is 4.89. The molecule has 128 valence electrons. The summed E-state index contributed by atoms with van der Waals surface area (Å²) in [4.78, 5) is 0. The lowest BCUT2D eigenvalue weighted by molar-refractivity contribution is 0.820. The van der Waals surface area contributed by atoms with Crippen molar-refractivity contribution >= 4 is 12.2 Å². The topological polar surface area (TPSA) is 0 Å². The van der Waals surface area contributed by atoms with Crippen LogP contribution in [0, 0.1) is 0 Å². The summed E-state index contributed by atoms with van der Waals surface area (Å²) >= 11 is 0. The summed E-state index contributed by atoms with van der Waals surface area (Å²) in [6.45, 7) is 0. The van der Waals surface area contributed by atoms with Gasteiger partial charge in [-0.15, -0.1) is 0 Å². The van der Waals surface area contributed by atoms with Crippen LogP contribution >= 0.6 is 0 Å². The van der Waals surface area contributed by atoms with E-state index in [0.717, 1.165) is 25.7 Å². The van der Waals surface area contributed by atoms with Crippen LogP contribution in [-0.2, 0) is 25.7 Å². The monoisotopic (exact) mass is 344 g/mol. The van der Waals surface area contributed by atoms with Crippen LogP contribution in [0.4, 0.5) is 0 Å². The van der Waals surface area contributed by atoms with Crippen LogP contribution in [0.25, 0.3) is 12.2 Å². The number of hydrogen-bond donors (Lipinski definition) is 0. The van der Waals surface area contributed by atoms with Crippen molar-refractivity contribution < 1.29 is 0 Å². The fourth-order valence-corrected chi connectivity index (χ4v) is 5.98. The Morgan fingerprint density at radius 2 is 1.15 bits per heavy atom. The van der Waals surface area contributed by atoms with Crippen LogP contribution in [0.1, 0.15) is 67.1 Å². The summed E-state index contributed by atoms with van der Waals surface area (Å²) in [6, 6.07) is 16.6. The lowest BCUT2D eigenvalue weighted by atomic mass is 9.66. The molecule has 0 radical (unpaired) electrons. The van der Waals surface area contributed by atoms with Crippen molar-refractivity contribution in [3.63, 3.8) is 0 Å². The molecule has 0 nitrogen and oxygen atoms in total. The average molecular weight is 344 g/mol. The summed E-state index contributed by atoms with van der Waals surface area (Å²) < 4.78 is 0. The molecule has 7 rings (SSSR count). The smallest absolute Gasteiger partial charge is 0.0351 e. The van der Waals surface area contributed by atoms with Crippen LogP contribution in [0.5, 0.6) is 0 Å². The zero-order valence-electron chi connectivity index (χ0n) is 15.3. The van der Waals surface area contributed by atoms with Gasteiger partial charge in [-0.05, 0) is 86.9 Å². The lowest BCUT2D eigenvalue weighted by Gasteiger charge is -2.37. The second-order valence-electron chi connectivity index (χ2n) is 8.40. The van der Waals surface area contributed by atoms with Crippen molar-refractivity contribution in [2.75, 3.05) is 0 Å². The molecule has 27 heavy (non-hydrogen) atoms. The highest BCUT2D eigenvalue weighted by Crippen LogP contribution is 2.50. The predicted octanol–water partition coefficient (Wildman–Crippen LogP) is 5.81. The molecule has 0 saturated carbocycles. The minimum Gasteiger partial charge on any atom is -0.0795 e. The van der Waals surface area contributed by atoms with E-state index >= 15 is 0 Å². The molecular weight excluding hydrogens is 324 g/mol. The molecule has 0 bridgehead atoms. The van der Waals surface area contributed by atoms with Crippen molar-refractivity contribution in [3.8, 4) is 0 Å². The van der Waals surface area contributed by atoms with E-state index in [1.54, 1.807) is 38.9 Å². The summed E-state index contributed by atoms with van der Waals surface area (Å²) in [5.41, 5.74) is 16.9. The molecule has 0 unspecified atom stereocenters. The van der Waals surface area contributed by atoms with Crippen molar-refractivity contribution in [1.29, 1.82) is 0 Å². The Bertz CT molecular complexity index is 1130. The molecule has 0 aromatic heterocycles. The third kappa shape index (κ3) is 1.74. The molecule has 4 aliphatic rings. The second-order valence-corrected chi connectivity index (χ2v) is 8.40. The fourth-order valence-electron chi connectivity index (χ4n) is 5.98. The first kappa shape index (κ1) is 14.2. The highest BCUT2D eigenvalue weighted by Gasteiger charge is 2.36. The Kier molecular flexibility index (Phi) is 2.58. The SMILES string of the molecule is C1=Cc2c(ccc3c2Cc2cccc4c2C3c2ccc3c(c2C4)C=CC3)C1. The van der Waals surface area contributed by atoms with Gasteiger partial charge in [-0.2, -0.15) is 0 Å². The Labute approximate surface area is 159 Å². The molecule has 0 saturated heterocycles. The van der Waals surface area contributed by atoms with E-state index in [4.69, 9.17) is 0 Å². The first-order valence-electron chi connectivity index (χ1n) is 10.1. The van der Waals surface area contributed by atoms with Crippen LogP contribution in [0.3, 0.4) is 0 Å². The van der Waals surface area contributed by atoms with Gasteiger partial charge < -0.3 is 0 Å². The van der Waals surface area contributed by atoms with Crippen molar-refractivity contribution in [3.05, 3.63) is 116 Å². The molecule has 0 spiro atoms. The summed E-state index contributed by atoms with van der Waals surface area (Å²) in [6.07, 6.45) is 13.7. The van der Waals surface area contributed by atoms with Crippen LogP contribution in [0.15, 0.2) is 54.6 Å². The summed E-state index contributed by atoms with van der Waals surface area (Å²) in [5.74, 6) is 0.405. The number of hydrogen-bond acceptors (Lipinski definition) is 0. The molecule has 4 aliphatic carbocycles. The summed E-state index contributed by atoms with van der Waals surface area (Å²) in [5, 5.41) is 0. The van der Waals surface area contributed by atoms with E-state index in [2.05, 4.69) is 66.8 Å². The van der Waals surface area contributed by atoms with Gasteiger partial charge in [0.25, 0.3) is 0 Å². The van der Waals surface area contributed by atoms with Gasteiger partial charge in [-0.3, -0.25) is 0 Å². The third-order valence-corrected chi connectivity index (χ3v) is 7.14. The van der Waals surface area contributed by atoms with Gasteiger partial charge in [-0.1, -0.05) is 66.8 Å². The van der Waals surface area contributed by atoms with Crippen molar-refractivity contribution in [1.82, 2.24) is 0 Å². The van der Waals surface area contributed by atoms with Gasteiger partial charge in [0.2, 0.25) is 0 Å². The van der Waals surface area contributed by atoms with E-state index in [0.29, 0.717) is 5.92 Å². The maximum atomic E-state index is 2.43. The molecule has 0 heterocycles. The molecule has 0 aliphatic heterocycles. The Morgan fingerprint density at radius 3 is 1.70 bits per heavy atom. The first-order valence-corrected chi connectivity index (χ1v) is 10.1. The number of rotatable bonds is 0. The maximum Gasteiger partial charge on any atom is 0.0351 e. The van der Waals surface area contributed by atoms with Gasteiger partial charge in [-0.25, -0.2) is 0 Å². The minimum absolute atomic E-state index is 0.405. The zero-order valence-corrected chi connectivity index (χ0v) is 15.3. The van der Waals surface area contributed by atoms with E-state index in [-0.39, 0.29) is 0 Å². The van der Waals surface area contributed by atoms with E-state index in [9.17, 15) is 0 Å². The molecule has 3 aromatic carbocycles. The fraction of sp³-hybridized carbons (Fsp3) is 0.185. The number of allylic oxidation sites excluding steroid dienone is 2. The standard InChI is InChI=1S/C27H20/c1-6-18-14-24-20-8-2-4-16(20)10-12-22(24)27-23-13-11-17-5-3-9-21(17)25(23)15-19(7-1)26(18)27/h1-3,6-13,27H,4-5,14-15H2. The Morgan fingerprint density at radius 1 is 0.593 bits per heavy atom. The van der Waals surface area contributed by atoms with Gasteiger partial charge in [0, 0.05) is 5.92 Å². The Hall–Kier alpha value is -2.86. The van der Waals surface area contributed by atoms with Gasteiger partial charge in [0.1, 0.15) is 0 Å². The number of fused-ring (bicyclic) bond motifs is 8. The highest BCUT2D eigenvalue weighted by molar-refractivity contribution is 5.74. The van der Waals surface area contributed by atoms with Gasteiger partial charge in [0.15, 0.2) is 0 Å². The third-order valence-electron chi connectivity index (χ3n) is 7.14. The molecule has 0 atom stereocenters. The van der Waals surface area contributed by atoms with Crippen LogP contribution < -0.4 is 0 Å². The van der Waals surface area contributed by atoms with Crippen molar-refractivity contribution in [2.45, 2.75) is 31.6 Å². The van der Waals surface area contributed by atoms with Gasteiger partial charge >= 0.3 is 0 Å². The van der Waals surface area contributed by atoms with E-state index in [1.807, 2.05) is 0 Å². The highest BCUT2D eigenvalue weighted by atomic mass is 14.4. The lowest BCUT2D eigenvalue weighted by Crippen LogP contribution is -2.23. The summed E-state index contributed by atoms with van der Waals surface area (Å²) in [7, 11) is 0. The van der Waals surface area contributed by atoms with E-state index in [1.165, 1.54) is 22.3 Å². The van der Waals surface area contributed by atoms with Crippen LogP contribution in [-0.4, -0.2) is 0 Å². The molecule has 0 N–H and O–H groups in total. The predicted molar refractivity (Wildman–Crippen MR) is 111 cm³/mol. The quantitative estimate of drug-likeness (QED) is 0.332. The number of benzene rings is 3. The first-order chi connectivity index (χ1) is 13.4. The average Bonchev–Trinajstić information content (AvgIpc) is 3.37.